The second-order valence-electron chi connectivity index (χ2n) is 6.90. The van der Waals surface area contributed by atoms with Crippen molar-refractivity contribution in [3.05, 3.63) is 24.4 Å². The maximum atomic E-state index is 6.09. The van der Waals surface area contributed by atoms with Crippen molar-refractivity contribution in [1.82, 2.24) is 9.88 Å². The third-order valence-corrected chi connectivity index (χ3v) is 5.14. The summed E-state index contributed by atoms with van der Waals surface area (Å²) in [4.78, 5) is 6.83. The van der Waals surface area contributed by atoms with Crippen LogP contribution in [0.25, 0.3) is 0 Å². The van der Waals surface area contributed by atoms with E-state index in [9.17, 15) is 0 Å². The van der Waals surface area contributed by atoms with Crippen LogP contribution in [0.3, 0.4) is 0 Å². The quantitative estimate of drug-likeness (QED) is 0.852. The van der Waals surface area contributed by atoms with Crippen LogP contribution in [-0.4, -0.2) is 47.8 Å². The Morgan fingerprint density at radius 2 is 2.19 bits per heavy atom. The number of nitrogens with zero attached hydrogens (tertiary/aromatic N) is 2. The molecule has 4 heteroatoms. The van der Waals surface area contributed by atoms with E-state index < -0.39 is 0 Å². The van der Waals surface area contributed by atoms with Gasteiger partial charge in [0.15, 0.2) is 0 Å². The lowest BCUT2D eigenvalue weighted by Gasteiger charge is -2.54. The molecular weight excluding hydrogens is 264 g/mol. The van der Waals surface area contributed by atoms with Gasteiger partial charge in [-0.25, -0.2) is 4.98 Å². The lowest BCUT2D eigenvalue weighted by Crippen LogP contribution is -2.66. The summed E-state index contributed by atoms with van der Waals surface area (Å²) in [6.07, 6.45) is 8.30. The molecule has 0 bridgehead atoms. The molecule has 4 nitrogen and oxygen atoms in total. The summed E-state index contributed by atoms with van der Waals surface area (Å²) in [5.41, 5.74) is 0.0570. The van der Waals surface area contributed by atoms with Crippen molar-refractivity contribution in [1.29, 1.82) is 0 Å². The number of pyridine rings is 1. The van der Waals surface area contributed by atoms with Gasteiger partial charge in [0.2, 0.25) is 5.88 Å². The molecule has 1 atom stereocenters. The Hall–Kier alpha value is -1.13. The van der Waals surface area contributed by atoms with Crippen LogP contribution in [0.5, 0.6) is 5.88 Å². The highest BCUT2D eigenvalue weighted by Gasteiger charge is 2.48. The first kappa shape index (κ1) is 13.5. The Labute approximate surface area is 126 Å². The number of rotatable bonds is 4. The fourth-order valence-electron chi connectivity index (χ4n) is 3.83. The van der Waals surface area contributed by atoms with Gasteiger partial charge in [0, 0.05) is 44.7 Å². The predicted molar refractivity (Wildman–Crippen MR) is 80.4 cm³/mol. The molecule has 3 fully saturated rings. The van der Waals surface area contributed by atoms with E-state index >= 15 is 0 Å². The smallest absolute Gasteiger partial charge is 0.213 e. The van der Waals surface area contributed by atoms with E-state index in [2.05, 4.69) is 9.88 Å². The summed E-state index contributed by atoms with van der Waals surface area (Å²) in [7, 11) is 0. The fourth-order valence-corrected chi connectivity index (χ4v) is 3.83. The molecule has 21 heavy (non-hydrogen) atoms. The van der Waals surface area contributed by atoms with Crippen molar-refractivity contribution in [2.45, 2.75) is 43.8 Å². The highest BCUT2D eigenvalue weighted by Crippen LogP contribution is 2.37. The highest BCUT2D eigenvalue weighted by atomic mass is 16.5. The fraction of sp³-hybridized carbons (Fsp3) is 0.706. The first-order chi connectivity index (χ1) is 10.3. The predicted octanol–water partition coefficient (Wildman–Crippen LogP) is 2.49. The van der Waals surface area contributed by atoms with Crippen LogP contribution >= 0.6 is 0 Å². The molecule has 1 spiro atoms. The molecule has 4 rings (SSSR count). The van der Waals surface area contributed by atoms with Gasteiger partial charge in [0.05, 0.1) is 12.2 Å². The minimum absolute atomic E-state index is 0.0570. The number of aromatic nitrogens is 1. The monoisotopic (exact) mass is 288 g/mol. The zero-order valence-corrected chi connectivity index (χ0v) is 12.5. The number of hydrogen-bond donors (Lipinski definition) is 0. The molecule has 2 saturated heterocycles. The van der Waals surface area contributed by atoms with Crippen molar-refractivity contribution >= 4 is 0 Å². The second-order valence-corrected chi connectivity index (χ2v) is 6.90. The normalized spacial score (nSPS) is 28.9. The van der Waals surface area contributed by atoms with Crippen LogP contribution < -0.4 is 4.74 Å². The van der Waals surface area contributed by atoms with Gasteiger partial charge in [0.25, 0.3) is 0 Å². The van der Waals surface area contributed by atoms with Crippen LogP contribution in [0.15, 0.2) is 24.4 Å². The lowest BCUT2D eigenvalue weighted by molar-refractivity contribution is -0.189. The highest BCUT2D eigenvalue weighted by molar-refractivity contribution is 5.11. The molecular formula is C17H24N2O2. The van der Waals surface area contributed by atoms with Crippen LogP contribution in [0.2, 0.25) is 0 Å². The molecule has 2 aliphatic heterocycles. The molecule has 1 aromatic rings. The Bertz CT molecular complexity index is 469. The van der Waals surface area contributed by atoms with Crippen LogP contribution in [0.4, 0.5) is 0 Å². The Morgan fingerprint density at radius 1 is 1.29 bits per heavy atom. The van der Waals surface area contributed by atoms with E-state index in [4.69, 9.17) is 9.47 Å². The zero-order chi connectivity index (χ0) is 14.1. The summed E-state index contributed by atoms with van der Waals surface area (Å²) in [5.74, 6) is 1.69. The van der Waals surface area contributed by atoms with Gasteiger partial charge in [-0.3, -0.25) is 4.90 Å². The summed E-state index contributed by atoms with van der Waals surface area (Å²) < 4.78 is 12.1. The average Bonchev–Trinajstić information content (AvgIpc) is 2.42. The van der Waals surface area contributed by atoms with Crippen molar-refractivity contribution in [3.63, 3.8) is 0 Å². The first-order valence-electron chi connectivity index (χ1n) is 8.25. The molecule has 1 aliphatic carbocycles. The van der Waals surface area contributed by atoms with Crippen molar-refractivity contribution < 1.29 is 9.47 Å². The Morgan fingerprint density at radius 3 is 2.90 bits per heavy atom. The van der Waals surface area contributed by atoms with Crippen molar-refractivity contribution in [2.75, 3.05) is 26.2 Å². The van der Waals surface area contributed by atoms with Crippen LogP contribution in [0.1, 0.15) is 32.1 Å². The van der Waals surface area contributed by atoms with E-state index in [0.29, 0.717) is 0 Å². The molecule has 0 amide bonds. The average molecular weight is 288 g/mol. The first-order valence-corrected chi connectivity index (χ1v) is 8.25. The van der Waals surface area contributed by atoms with Gasteiger partial charge in [-0.1, -0.05) is 12.5 Å². The van der Waals surface area contributed by atoms with E-state index in [0.717, 1.165) is 44.3 Å². The van der Waals surface area contributed by atoms with Crippen molar-refractivity contribution in [2.24, 2.45) is 5.92 Å². The molecule has 1 aromatic heterocycles. The largest absolute Gasteiger partial charge is 0.474 e. The summed E-state index contributed by atoms with van der Waals surface area (Å²) in [6, 6.07) is 5.83. The van der Waals surface area contributed by atoms with E-state index in [1.165, 1.54) is 25.8 Å². The zero-order valence-electron chi connectivity index (χ0n) is 12.5. The lowest BCUT2D eigenvalue weighted by atomic mass is 9.80. The maximum absolute atomic E-state index is 6.09. The third kappa shape index (κ3) is 2.92. The molecule has 114 valence electrons. The summed E-state index contributed by atoms with van der Waals surface area (Å²) >= 11 is 0. The van der Waals surface area contributed by atoms with E-state index in [1.807, 2.05) is 18.2 Å². The number of ether oxygens (including phenoxy) is 2. The van der Waals surface area contributed by atoms with Gasteiger partial charge in [-0.2, -0.15) is 0 Å². The van der Waals surface area contributed by atoms with Gasteiger partial charge >= 0.3 is 0 Å². The molecule has 3 heterocycles. The Balaban J connectivity index is 1.29. The Kier molecular flexibility index (Phi) is 3.59. The molecule has 0 radical (unpaired) electrons. The minimum Gasteiger partial charge on any atom is -0.474 e. The van der Waals surface area contributed by atoms with Crippen molar-refractivity contribution in [3.8, 4) is 5.88 Å². The van der Waals surface area contributed by atoms with E-state index in [-0.39, 0.29) is 11.7 Å². The summed E-state index contributed by atoms with van der Waals surface area (Å²) in [5, 5.41) is 0. The van der Waals surface area contributed by atoms with Gasteiger partial charge < -0.3 is 9.47 Å². The molecule has 0 aromatic carbocycles. The van der Waals surface area contributed by atoms with E-state index in [1.54, 1.807) is 6.20 Å². The molecule has 0 N–H and O–H groups in total. The van der Waals surface area contributed by atoms with Gasteiger partial charge in [-0.15, -0.1) is 0 Å². The maximum Gasteiger partial charge on any atom is 0.213 e. The van der Waals surface area contributed by atoms with Gasteiger partial charge in [-0.05, 0) is 24.8 Å². The molecule has 3 aliphatic rings. The molecule has 0 unspecified atom stereocenters. The summed E-state index contributed by atoms with van der Waals surface area (Å²) in [6.45, 7) is 4.27. The number of hydrogen-bond acceptors (Lipinski definition) is 4. The standard InChI is InChI=1S/C17H24N2O2/c1-2-8-18-16(6-1)21-15-7-9-20-17(10-15)12-19(13-17)11-14-4-3-5-14/h1-2,6,8,14-15H,3-5,7,9-13H2/t15-/m0/s1. The third-order valence-electron chi connectivity index (χ3n) is 5.14. The minimum atomic E-state index is 0.0570. The molecule has 1 saturated carbocycles. The second kappa shape index (κ2) is 5.58. The SMILES string of the molecule is c1ccc(O[C@H]2CCOC3(C2)CN(CC2CCC2)C3)nc1. The topological polar surface area (TPSA) is 34.6 Å². The van der Waals surface area contributed by atoms with Gasteiger partial charge in [0.1, 0.15) is 6.10 Å². The van der Waals surface area contributed by atoms with Crippen LogP contribution in [-0.2, 0) is 4.74 Å². The van der Waals surface area contributed by atoms with Crippen LogP contribution in [0, 0.1) is 5.92 Å². The number of likely N-dealkylation sites (tertiary alicyclic amines) is 1.